The lowest BCUT2D eigenvalue weighted by Crippen LogP contribution is -2.49. The molecule has 7 heteroatoms. The van der Waals surface area contributed by atoms with E-state index in [0.29, 0.717) is 44.3 Å². The Labute approximate surface area is 160 Å². The van der Waals surface area contributed by atoms with Gasteiger partial charge in [-0.05, 0) is 13.8 Å². The Morgan fingerprint density at radius 1 is 0.840 bits per heavy atom. The number of thiol groups is 1. The summed E-state index contributed by atoms with van der Waals surface area (Å²) in [7, 11) is 0. The van der Waals surface area contributed by atoms with Gasteiger partial charge in [0.1, 0.15) is 0 Å². The van der Waals surface area contributed by atoms with E-state index in [0.717, 1.165) is 39.3 Å². The maximum absolute atomic E-state index is 5.65. The fourth-order valence-electron chi connectivity index (χ4n) is 2.69. The average molecular weight is 378 g/mol. The van der Waals surface area contributed by atoms with Crippen molar-refractivity contribution in [1.82, 2.24) is 15.1 Å². The second-order valence-corrected chi connectivity index (χ2v) is 7.74. The van der Waals surface area contributed by atoms with Gasteiger partial charge in [-0.2, -0.15) is 12.6 Å². The molecule has 6 nitrogen and oxygen atoms in total. The predicted octanol–water partition coefficient (Wildman–Crippen LogP) is 0.970. The second kappa shape index (κ2) is 15.2. The number of rotatable bonds is 15. The minimum absolute atomic E-state index is 0.382. The molecule has 1 fully saturated rings. The Bertz CT molecular complexity index is 301. The van der Waals surface area contributed by atoms with Crippen LogP contribution in [0.1, 0.15) is 20.8 Å². The summed E-state index contributed by atoms with van der Waals surface area (Å²) in [5.74, 6) is 0. The van der Waals surface area contributed by atoms with Gasteiger partial charge in [0.2, 0.25) is 0 Å². The summed E-state index contributed by atoms with van der Waals surface area (Å²) in [4.78, 5) is 5.01. The highest BCUT2D eigenvalue weighted by Crippen LogP contribution is 2.05. The summed E-state index contributed by atoms with van der Waals surface area (Å²) >= 11 is 4.31. The van der Waals surface area contributed by atoms with E-state index in [1.54, 1.807) is 0 Å². The van der Waals surface area contributed by atoms with Crippen LogP contribution in [-0.4, -0.2) is 107 Å². The topological polar surface area (TPSA) is 46.2 Å². The molecule has 0 aromatic rings. The lowest BCUT2D eigenvalue weighted by molar-refractivity contribution is 0.00762. The first-order valence-electron chi connectivity index (χ1n) is 9.68. The summed E-state index contributed by atoms with van der Waals surface area (Å²) in [5.41, 5.74) is 0. The molecule has 1 aliphatic heterocycles. The first-order valence-corrected chi connectivity index (χ1v) is 10.2. The molecule has 0 radical (unpaired) electrons. The highest BCUT2D eigenvalue weighted by Gasteiger charge is 2.17. The third-order valence-electron chi connectivity index (χ3n) is 4.30. The first-order chi connectivity index (χ1) is 12.1. The number of nitrogens with zero attached hydrogens (tertiary/aromatic N) is 2. The van der Waals surface area contributed by atoms with Gasteiger partial charge in [-0.1, -0.05) is 6.92 Å². The average Bonchev–Trinajstić information content (AvgIpc) is 2.59. The molecule has 0 aromatic heterocycles. The molecule has 0 aliphatic carbocycles. The van der Waals surface area contributed by atoms with Crippen LogP contribution in [0.5, 0.6) is 0 Å². The van der Waals surface area contributed by atoms with Crippen LogP contribution >= 0.6 is 12.6 Å². The minimum Gasteiger partial charge on any atom is -0.378 e. The van der Waals surface area contributed by atoms with Gasteiger partial charge in [0.15, 0.2) is 0 Å². The lowest BCUT2D eigenvalue weighted by Gasteiger charge is -2.36. The van der Waals surface area contributed by atoms with E-state index in [2.05, 4.69) is 48.5 Å². The van der Waals surface area contributed by atoms with Crippen molar-refractivity contribution in [1.29, 1.82) is 0 Å². The molecule has 150 valence electrons. The Kier molecular flexibility index (Phi) is 14.1. The first kappa shape index (κ1) is 23.1. The van der Waals surface area contributed by atoms with Crippen LogP contribution in [0.2, 0.25) is 0 Å². The van der Waals surface area contributed by atoms with E-state index >= 15 is 0 Å². The van der Waals surface area contributed by atoms with Crippen molar-refractivity contribution >= 4 is 12.6 Å². The Balaban J connectivity index is 1.76. The normalized spacial score (nSPS) is 18.1. The maximum atomic E-state index is 5.65. The minimum atomic E-state index is 0.382. The molecule has 0 amide bonds. The number of ether oxygens (including phenoxy) is 3. The molecule has 0 spiro atoms. The zero-order valence-electron chi connectivity index (χ0n) is 16.4. The number of nitrogens with one attached hydrogen (secondary N) is 1. The van der Waals surface area contributed by atoms with E-state index < -0.39 is 0 Å². The van der Waals surface area contributed by atoms with Crippen LogP contribution < -0.4 is 5.32 Å². The molecule has 0 unspecified atom stereocenters. The van der Waals surface area contributed by atoms with Crippen LogP contribution in [0.25, 0.3) is 0 Å². The van der Waals surface area contributed by atoms with Gasteiger partial charge in [-0.25, -0.2) is 0 Å². The summed E-state index contributed by atoms with van der Waals surface area (Å²) in [5, 5.41) is 3.66. The van der Waals surface area contributed by atoms with Crippen LogP contribution in [0.4, 0.5) is 0 Å². The van der Waals surface area contributed by atoms with E-state index in [4.69, 9.17) is 14.2 Å². The van der Waals surface area contributed by atoms with Crippen LogP contribution in [-0.2, 0) is 14.2 Å². The van der Waals surface area contributed by atoms with Crippen LogP contribution in [0.3, 0.4) is 0 Å². The maximum Gasteiger partial charge on any atom is 0.0701 e. The number of hydrogen-bond donors (Lipinski definition) is 2. The van der Waals surface area contributed by atoms with Gasteiger partial charge in [-0.3, -0.25) is 9.80 Å². The molecule has 0 bridgehead atoms. The quantitative estimate of drug-likeness (QED) is 0.328. The van der Waals surface area contributed by atoms with Crippen molar-refractivity contribution in [3.05, 3.63) is 0 Å². The van der Waals surface area contributed by atoms with E-state index in [9.17, 15) is 0 Å². The highest BCUT2D eigenvalue weighted by atomic mass is 32.1. The van der Waals surface area contributed by atoms with Crippen molar-refractivity contribution in [3.63, 3.8) is 0 Å². The molecule has 1 aliphatic rings. The third-order valence-corrected chi connectivity index (χ3v) is 4.48. The molecular formula is C18H39N3O3S. The van der Waals surface area contributed by atoms with Gasteiger partial charge in [0.25, 0.3) is 0 Å². The molecule has 25 heavy (non-hydrogen) atoms. The smallest absolute Gasteiger partial charge is 0.0701 e. The fraction of sp³-hybridized carbons (Fsp3) is 1.00. The molecule has 1 rings (SSSR count). The third kappa shape index (κ3) is 13.0. The van der Waals surface area contributed by atoms with Gasteiger partial charge < -0.3 is 19.5 Å². The van der Waals surface area contributed by atoms with Gasteiger partial charge >= 0.3 is 0 Å². The molecule has 0 aromatic carbocycles. The van der Waals surface area contributed by atoms with Crippen LogP contribution in [0, 0.1) is 0 Å². The molecule has 0 saturated carbocycles. The summed E-state index contributed by atoms with van der Waals surface area (Å²) in [6, 6.07) is 0.660. The predicted molar refractivity (Wildman–Crippen MR) is 107 cm³/mol. The van der Waals surface area contributed by atoms with Crippen molar-refractivity contribution in [2.75, 3.05) is 85.5 Å². The molecule has 1 N–H and O–H groups in total. The lowest BCUT2D eigenvalue weighted by atomic mass is 10.2. The zero-order chi connectivity index (χ0) is 18.3. The zero-order valence-corrected chi connectivity index (χ0v) is 17.3. The van der Waals surface area contributed by atoms with Crippen molar-refractivity contribution < 1.29 is 14.2 Å². The van der Waals surface area contributed by atoms with Crippen molar-refractivity contribution in [2.45, 2.75) is 32.1 Å². The van der Waals surface area contributed by atoms with Gasteiger partial charge in [-0.15, -0.1) is 0 Å². The Morgan fingerprint density at radius 2 is 1.40 bits per heavy atom. The highest BCUT2D eigenvalue weighted by molar-refractivity contribution is 7.80. The van der Waals surface area contributed by atoms with Crippen LogP contribution in [0.15, 0.2) is 0 Å². The summed E-state index contributed by atoms with van der Waals surface area (Å²) in [6.45, 7) is 18.1. The SMILES string of the molecule is CC(C)N1CCN(CCOCCOCCOCCNC[C@H](C)S)CC1. The van der Waals surface area contributed by atoms with Gasteiger partial charge in [0, 0.05) is 57.1 Å². The monoisotopic (exact) mass is 377 g/mol. The van der Waals surface area contributed by atoms with Crippen molar-refractivity contribution in [2.24, 2.45) is 0 Å². The standard InChI is InChI=1S/C18H39N3O3S/c1-17(2)21-7-5-20(6-8-21)9-11-23-13-15-24-14-12-22-10-4-19-16-18(3)25/h17-19,25H,4-16H2,1-3H3/t18-/m0/s1. The van der Waals surface area contributed by atoms with E-state index in [-0.39, 0.29) is 0 Å². The van der Waals surface area contributed by atoms with Crippen molar-refractivity contribution in [3.8, 4) is 0 Å². The summed E-state index contributed by atoms with van der Waals surface area (Å²) < 4.78 is 16.6. The van der Waals surface area contributed by atoms with E-state index in [1.165, 1.54) is 13.1 Å². The Hall–Kier alpha value is 0.110. The number of hydrogen-bond acceptors (Lipinski definition) is 7. The largest absolute Gasteiger partial charge is 0.378 e. The molecule has 1 atom stereocenters. The molecular weight excluding hydrogens is 338 g/mol. The second-order valence-electron chi connectivity index (χ2n) is 6.86. The molecule has 1 heterocycles. The van der Waals surface area contributed by atoms with Gasteiger partial charge in [0.05, 0.1) is 39.6 Å². The van der Waals surface area contributed by atoms with E-state index in [1.807, 2.05) is 0 Å². The number of piperazine rings is 1. The Morgan fingerprint density at radius 3 is 1.96 bits per heavy atom. The fourth-order valence-corrected chi connectivity index (χ4v) is 2.82. The summed E-state index contributed by atoms with van der Waals surface area (Å²) in [6.07, 6.45) is 0. The molecule has 1 saturated heterocycles.